The Hall–Kier alpha value is -4.23. The fraction of sp³-hybridized carbons (Fsp3) is 0.353. The van der Waals surface area contributed by atoms with Crippen LogP contribution in [0.1, 0.15) is 31.2 Å². The lowest BCUT2D eigenvalue weighted by Gasteiger charge is -2.10. The van der Waals surface area contributed by atoms with Crippen molar-refractivity contribution >= 4 is 24.0 Å². The Labute approximate surface area is 174 Å². The van der Waals surface area contributed by atoms with Crippen molar-refractivity contribution in [1.82, 2.24) is 0 Å². The van der Waals surface area contributed by atoms with E-state index in [1.807, 2.05) is 0 Å². The molecular weight excluding hydrogens is 424 g/mol. The lowest BCUT2D eigenvalue weighted by atomic mass is 10.1. The van der Waals surface area contributed by atoms with Crippen LogP contribution >= 0.6 is 0 Å². The minimum Gasteiger partial charge on any atom is -0.478 e. The molecule has 1 rings (SSSR count). The van der Waals surface area contributed by atoms with Crippen LogP contribution in [-0.4, -0.2) is 46.4 Å². The van der Waals surface area contributed by atoms with Crippen molar-refractivity contribution in [2.45, 2.75) is 25.7 Å². The van der Waals surface area contributed by atoms with Crippen molar-refractivity contribution in [2.75, 3.05) is 13.2 Å². The quantitative estimate of drug-likeness (QED) is 0.109. The summed E-state index contributed by atoms with van der Waals surface area (Å²) < 4.78 is 10.2. The Morgan fingerprint density at radius 2 is 1.48 bits per heavy atom. The van der Waals surface area contributed by atoms with Crippen LogP contribution in [0.25, 0.3) is 6.08 Å². The van der Waals surface area contributed by atoms with E-state index < -0.39 is 28.1 Å². The van der Waals surface area contributed by atoms with Crippen LogP contribution in [0.4, 0.5) is 0 Å². The molecule has 1 aromatic carbocycles. The number of hydrogen-bond donors (Lipinski definition) is 1. The zero-order valence-electron chi connectivity index (χ0n) is 16.0. The van der Waals surface area contributed by atoms with E-state index in [1.165, 1.54) is 18.2 Å². The number of hydrogen-bond acceptors (Lipinski definition) is 11. The summed E-state index contributed by atoms with van der Waals surface area (Å²) in [5.74, 6) is -2.74. The third kappa shape index (κ3) is 11.4. The highest BCUT2D eigenvalue weighted by Gasteiger charge is 2.12. The molecule has 0 fully saturated rings. The minimum absolute atomic E-state index is 0.0180. The molecule has 168 valence electrons. The van der Waals surface area contributed by atoms with Gasteiger partial charge in [0.1, 0.15) is 11.5 Å². The fourth-order valence-electron chi connectivity index (χ4n) is 2.04. The van der Waals surface area contributed by atoms with Gasteiger partial charge in [0.05, 0.1) is 13.2 Å². The Bertz CT molecular complexity index is 852. The summed E-state index contributed by atoms with van der Waals surface area (Å²) in [6.07, 6.45) is 1.59. The van der Waals surface area contributed by atoms with Crippen LogP contribution in [0.15, 0.2) is 24.3 Å². The predicted molar refractivity (Wildman–Crippen MR) is 98.7 cm³/mol. The van der Waals surface area contributed by atoms with Crippen LogP contribution in [0.5, 0.6) is 11.5 Å². The van der Waals surface area contributed by atoms with Gasteiger partial charge in [0.15, 0.2) is 0 Å². The molecule has 14 heteroatoms. The van der Waals surface area contributed by atoms with Crippen molar-refractivity contribution in [3.05, 3.63) is 50.1 Å². The van der Waals surface area contributed by atoms with E-state index in [-0.39, 0.29) is 56.0 Å². The van der Waals surface area contributed by atoms with Gasteiger partial charge < -0.3 is 24.3 Å². The lowest BCUT2D eigenvalue weighted by molar-refractivity contribution is -0.757. The van der Waals surface area contributed by atoms with Crippen molar-refractivity contribution < 1.29 is 48.8 Å². The van der Waals surface area contributed by atoms with Crippen molar-refractivity contribution in [1.29, 1.82) is 0 Å². The molecule has 0 aliphatic rings. The number of carboxylic acid groups (broad SMARTS) is 1. The molecule has 0 unspecified atom stereocenters. The van der Waals surface area contributed by atoms with E-state index in [0.717, 1.165) is 12.2 Å². The highest BCUT2D eigenvalue weighted by atomic mass is 17.0. The zero-order chi connectivity index (χ0) is 23.2. The summed E-state index contributed by atoms with van der Waals surface area (Å²) in [6, 6.07) is 3.82. The molecule has 1 aromatic rings. The van der Waals surface area contributed by atoms with Crippen LogP contribution in [-0.2, 0) is 24.1 Å². The molecule has 0 heterocycles. The zero-order valence-corrected chi connectivity index (χ0v) is 16.0. The van der Waals surface area contributed by atoms with E-state index >= 15 is 0 Å². The van der Waals surface area contributed by atoms with E-state index in [1.54, 1.807) is 0 Å². The topological polar surface area (TPSA) is 195 Å². The molecule has 0 radical (unpaired) electrons. The Morgan fingerprint density at radius 1 is 0.935 bits per heavy atom. The Morgan fingerprint density at radius 3 is 2.00 bits per heavy atom. The standard InChI is InChI=1S/C17H18N2O12/c20-15(21)8-5-12-11-13(30-16(22)3-1-9-28-18(24)25)6-7-14(12)31-17(23)4-2-10-29-19(26)27/h5-8,11H,1-4,9-10H2,(H,20,21). The smallest absolute Gasteiger partial charge is 0.328 e. The molecule has 1 N–H and O–H groups in total. The first-order chi connectivity index (χ1) is 14.7. The average molecular weight is 442 g/mol. The molecule has 0 saturated carbocycles. The molecule has 0 amide bonds. The Balaban J connectivity index is 2.75. The van der Waals surface area contributed by atoms with Crippen molar-refractivity contribution in [3.8, 4) is 11.5 Å². The number of carbonyl (C=O) groups is 3. The number of carbonyl (C=O) groups excluding carboxylic acids is 2. The molecule has 0 aliphatic carbocycles. The summed E-state index contributed by atoms with van der Waals surface area (Å²) in [7, 11) is 0. The van der Waals surface area contributed by atoms with Gasteiger partial charge in [-0.15, -0.1) is 20.2 Å². The second-order valence-electron chi connectivity index (χ2n) is 5.64. The summed E-state index contributed by atoms with van der Waals surface area (Å²) in [5, 5.41) is 26.9. The highest BCUT2D eigenvalue weighted by molar-refractivity contribution is 5.86. The Kier molecular flexibility index (Phi) is 10.5. The van der Waals surface area contributed by atoms with E-state index in [0.29, 0.717) is 0 Å². The predicted octanol–water partition coefficient (Wildman–Crippen LogP) is 1.57. The van der Waals surface area contributed by atoms with Crippen LogP contribution < -0.4 is 9.47 Å². The SMILES string of the molecule is O=C(O)C=Cc1cc(OC(=O)CCCO[N+](=O)[O-])ccc1OC(=O)CCCO[N+](=O)[O-]. The maximum absolute atomic E-state index is 11.9. The second kappa shape index (κ2) is 13.1. The molecule has 0 saturated heterocycles. The van der Waals surface area contributed by atoms with E-state index in [9.17, 15) is 34.6 Å². The van der Waals surface area contributed by atoms with Crippen molar-refractivity contribution in [3.63, 3.8) is 0 Å². The molecule has 0 atom stereocenters. The molecular formula is C17H18N2O12. The molecule has 0 aromatic heterocycles. The van der Waals surface area contributed by atoms with E-state index in [2.05, 4.69) is 9.68 Å². The molecule has 0 spiro atoms. The van der Waals surface area contributed by atoms with Gasteiger partial charge in [0.25, 0.3) is 10.2 Å². The van der Waals surface area contributed by atoms with Gasteiger partial charge >= 0.3 is 17.9 Å². The fourth-order valence-corrected chi connectivity index (χ4v) is 2.04. The van der Waals surface area contributed by atoms with Gasteiger partial charge in [-0.2, -0.15) is 0 Å². The van der Waals surface area contributed by atoms with Gasteiger partial charge in [-0.3, -0.25) is 9.59 Å². The molecule has 0 bridgehead atoms. The first-order valence-corrected chi connectivity index (χ1v) is 8.68. The van der Waals surface area contributed by atoms with Gasteiger partial charge in [0, 0.05) is 24.5 Å². The maximum Gasteiger partial charge on any atom is 0.328 e. The van der Waals surface area contributed by atoms with Crippen LogP contribution in [0, 0.1) is 20.2 Å². The normalized spacial score (nSPS) is 10.3. The number of aliphatic carboxylic acids is 1. The summed E-state index contributed by atoms with van der Waals surface area (Å²) >= 11 is 0. The first kappa shape index (κ1) is 24.8. The number of ether oxygens (including phenoxy) is 2. The second-order valence-corrected chi connectivity index (χ2v) is 5.64. The van der Waals surface area contributed by atoms with Gasteiger partial charge in [-0.25, -0.2) is 4.79 Å². The monoisotopic (exact) mass is 442 g/mol. The summed E-state index contributed by atoms with van der Waals surface area (Å²) in [5.41, 5.74) is 0.110. The third-order valence-electron chi connectivity index (χ3n) is 3.29. The van der Waals surface area contributed by atoms with E-state index in [4.69, 9.17) is 14.6 Å². The minimum atomic E-state index is -1.28. The first-order valence-electron chi connectivity index (χ1n) is 8.68. The van der Waals surface area contributed by atoms with Crippen molar-refractivity contribution in [2.24, 2.45) is 0 Å². The maximum atomic E-state index is 11.9. The number of nitrogens with zero attached hydrogens (tertiary/aromatic N) is 2. The largest absolute Gasteiger partial charge is 0.478 e. The lowest BCUT2D eigenvalue weighted by Crippen LogP contribution is -2.12. The number of rotatable bonds is 14. The third-order valence-corrected chi connectivity index (χ3v) is 3.29. The van der Waals surface area contributed by atoms with Gasteiger partial charge in [-0.1, -0.05) is 0 Å². The molecule has 0 aliphatic heterocycles. The van der Waals surface area contributed by atoms with Crippen LogP contribution in [0.3, 0.4) is 0 Å². The highest BCUT2D eigenvalue weighted by Crippen LogP contribution is 2.26. The van der Waals surface area contributed by atoms with Gasteiger partial charge in [0.2, 0.25) is 0 Å². The summed E-state index contributed by atoms with van der Waals surface area (Å²) in [6.45, 7) is -0.578. The number of benzene rings is 1. The summed E-state index contributed by atoms with van der Waals surface area (Å²) in [4.78, 5) is 62.7. The molecule has 31 heavy (non-hydrogen) atoms. The van der Waals surface area contributed by atoms with Crippen LogP contribution in [0.2, 0.25) is 0 Å². The average Bonchev–Trinajstić information content (AvgIpc) is 2.68. The molecule has 14 nitrogen and oxygen atoms in total. The number of esters is 2. The van der Waals surface area contributed by atoms with Gasteiger partial charge in [-0.05, 0) is 37.1 Å². The number of carboxylic acids is 1.